The number of nitrogens with zero attached hydrogens (tertiary/aromatic N) is 4. The molecular weight excluding hydrogens is 316 g/mol. The van der Waals surface area contributed by atoms with Crippen LogP contribution < -0.4 is 5.56 Å². The summed E-state index contributed by atoms with van der Waals surface area (Å²) >= 11 is 0. The van der Waals surface area contributed by atoms with E-state index >= 15 is 0 Å². The van der Waals surface area contributed by atoms with Gasteiger partial charge in [-0.3, -0.25) is 9.36 Å². The standard InChI is InChI=1S/C19H16N4O2/c1-3-23-18(24)16(11-20)12(2)17(19(23)25)22-21-15-9-8-13-6-4-5-7-14(13)10-15/h4-10,24H,3H2,1-2H3. The van der Waals surface area contributed by atoms with Crippen molar-refractivity contribution in [2.45, 2.75) is 20.4 Å². The molecule has 1 N–H and O–H groups in total. The second-order valence-electron chi connectivity index (χ2n) is 5.56. The molecule has 0 spiro atoms. The smallest absolute Gasteiger partial charge is 0.281 e. The van der Waals surface area contributed by atoms with Gasteiger partial charge in [-0.05, 0) is 36.8 Å². The normalized spacial score (nSPS) is 11.1. The Morgan fingerprint density at radius 2 is 1.88 bits per heavy atom. The van der Waals surface area contributed by atoms with Crippen LogP contribution in [0.1, 0.15) is 18.1 Å². The van der Waals surface area contributed by atoms with Crippen LogP contribution in [0, 0.1) is 18.3 Å². The molecular formula is C19H16N4O2. The number of rotatable bonds is 3. The van der Waals surface area contributed by atoms with Crippen molar-refractivity contribution in [2.75, 3.05) is 0 Å². The summed E-state index contributed by atoms with van der Waals surface area (Å²) < 4.78 is 1.11. The molecule has 0 fully saturated rings. The molecule has 0 amide bonds. The molecule has 0 aliphatic heterocycles. The molecule has 2 aromatic carbocycles. The van der Waals surface area contributed by atoms with E-state index < -0.39 is 5.56 Å². The van der Waals surface area contributed by atoms with Crippen LogP contribution in [0.5, 0.6) is 5.88 Å². The Hall–Kier alpha value is -3.46. The number of azo groups is 1. The second kappa shape index (κ2) is 6.57. The molecule has 3 aromatic rings. The minimum Gasteiger partial charge on any atom is -0.493 e. The van der Waals surface area contributed by atoms with Crippen LogP contribution in [0.4, 0.5) is 11.4 Å². The van der Waals surface area contributed by atoms with Gasteiger partial charge in [0.15, 0.2) is 5.69 Å². The van der Waals surface area contributed by atoms with E-state index in [0.717, 1.165) is 15.3 Å². The highest BCUT2D eigenvalue weighted by Crippen LogP contribution is 2.27. The fourth-order valence-electron chi connectivity index (χ4n) is 2.70. The zero-order valence-corrected chi connectivity index (χ0v) is 13.9. The molecule has 3 rings (SSSR count). The topological polar surface area (TPSA) is 90.7 Å². The molecule has 0 aliphatic carbocycles. The molecule has 6 heteroatoms. The molecule has 124 valence electrons. The second-order valence-corrected chi connectivity index (χ2v) is 5.56. The van der Waals surface area contributed by atoms with Gasteiger partial charge in [0.1, 0.15) is 11.6 Å². The molecule has 1 aromatic heterocycles. The molecule has 25 heavy (non-hydrogen) atoms. The van der Waals surface area contributed by atoms with Gasteiger partial charge >= 0.3 is 0 Å². The van der Waals surface area contributed by atoms with Gasteiger partial charge in [0.05, 0.1) is 5.69 Å². The first-order valence-corrected chi connectivity index (χ1v) is 7.83. The predicted octanol–water partition coefficient (Wildman–Crippen LogP) is 4.32. The first-order chi connectivity index (χ1) is 12.1. The zero-order chi connectivity index (χ0) is 18.0. The highest BCUT2D eigenvalue weighted by molar-refractivity contribution is 5.85. The Labute approximate surface area is 144 Å². The maximum atomic E-state index is 12.5. The Morgan fingerprint density at radius 1 is 1.16 bits per heavy atom. The molecule has 0 bridgehead atoms. The minimum absolute atomic E-state index is 0.0360. The summed E-state index contributed by atoms with van der Waals surface area (Å²) in [5.41, 5.74) is 0.547. The maximum Gasteiger partial charge on any atom is 0.281 e. The van der Waals surface area contributed by atoms with Gasteiger partial charge < -0.3 is 5.11 Å². The predicted molar refractivity (Wildman–Crippen MR) is 95.6 cm³/mol. The number of aromatic hydroxyl groups is 1. The summed E-state index contributed by atoms with van der Waals surface area (Å²) in [6.07, 6.45) is 0. The van der Waals surface area contributed by atoms with Crippen molar-refractivity contribution in [3.8, 4) is 11.9 Å². The zero-order valence-electron chi connectivity index (χ0n) is 13.9. The lowest BCUT2D eigenvalue weighted by Gasteiger charge is -2.10. The van der Waals surface area contributed by atoms with Crippen molar-refractivity contribution in [2.24, 2.45) is 10.2 Å². The van der Waals surface area contributed by atoms with Crippen molar-refractivity contribution in [3.05, 3.63) is 63.9 Å². The van der Waals surface area contributed by atoms with E-state index in [2.05, 4.69) is 10.2 Å². The van der Waals surface area contributed by atoms with E-state index in [1.54, 1.807) is 13.8 Å². The lowest BCUT2D eigenvalue weighted by molar-refractivity contribution is 0.409. The van der Waals surface area contributed by atoms with Gasteiger partial charge in [-0.15, -0.1) is 5.11 Å². The highest BCUT2D eigenvalue weighted by Gasteiger charge is 2.18. The summed E-state index contributed by atoms with van der Waals surface area (Å²) in [4.78, 5) is 12.5. The average molecular weight is 332 g/mol. The minimum atomic E-state index is -0.471. The molecule has 0 aliphatic rings. The number of pyridine rings is 1. The average Bonchev–Trinajstić information content (AvgIpc) is 2.62. The number of benzene rings is 2. The fourth-order valence-corrected chi connectivity index (χ4v) is 2.70. The third kappa shape index (κ3) is 2.88. The van der Waals surface area contributed by atoms with Gasteiger partial charge in [0.2, 0.25) is 5.88 Å². The summed E-state index contributed by atoms with van der Waals surface area (Å²) in [5.74, 6) is -0.336. The Kier molecular flexibility index (Phi) is 4.31. The number of aromatic nitrogens is 1. The number of hydrogen-bond acceptors (Lipinski definition) is 5. The summed E-state index contributed by atoms with van der Waals surface area (Å²) in [6, 6.07) is 15.4. The van der Waals surface area contributed by atoms with Crippen LogP contribution >= 0.6 is 0 Å². The highest BCUT2D eigenvalue weighted by atomic mass is 16.3. The van der Waals surface area contributed by atoms with E-state index in [1.165, 1.54) is 0 Å². The van der Waals surface area contributed by atoms with Crippen LogP contribution in [0.2, 0.25) is 0 Å². The molecule has 0 atom stereocenters. The van der Waals surface area contributed by atoms with Crippen LogP contribution in [0.3, 0.4) is 0 Å². The lowest BCUT2D eigenvalue weighted by Crippen LogP contribution is -2.20. The van der Waals surface area contributed by atoms with Crippen molar-refractivity contribution >= 4 is 22.1 Å². The summed E-state index contributed by atoms with van der Waals surface area (Å²) in [5, 5.41) is 29.6. The molecule has 0 saturated carbocycles. The third-order valence-corrected chi connectivity index (χ3v) is 4.08. The van der Waals surface area contributed by atoms with E-state index in [-0.39, 0.29) is 23.7 Å². The molecule has 1 heterocycles. The Bertz CT molecular complexity index is 1090. The molecule has 0 unspecified atom stereocenters. The van der Waals surface area contributed by atoms with Gasteiger partial charge in [0.25, 0.3) is 5.56 Å². The maximum absolute atomic E-state index is 12.5. The van der Waals surface area contributed by atoms with E-state index in [9.17, 15) is 15.2 Å². The van der Waals surface area contributed by atoms with E-state index in [1.807, 2.05) is 48.5 Å². The number of nitriles is 1. The van der Waals surface area contributed by atoms with Crippen LogP contribution in [-0.4, -0.2) is 9.67 Å². The quantitative estimate of drug-likeness (QED) is 0.724. The Morgan fingerprint density at radius 3 is 2.56 bits per heavy atom. The van der Waals surface area contributed by atoms with E-state index in [4.69, 9.17) is 0 Å². The van der Waals surface area contributed by atoms with Crippen molar-refractivity contribution in [1.29, 1.82) is 5.26 Å². The van der Waals surface area contributed by atoms with Gasteiger partial charge in [-0.1, -0.05) is 30.3 Å². The van der Waals surface area contributed by atoms with Crippen molar-refractivity contribution in [1.82, 2.24) is 4.57 Å². The van der Waals surface area contributed by atoms with Crippen LogP contribution in [0.25, 0.3) is 10.8 Å². The van der Waals surface area contributed by atoms with E-state index in [0.29, 0.717) is 11.3 Å². The van der Waals surface area contributed by atoms with Crippen LogP contribution in [0.15, 0.2) is 57.5 Å². The largest absolute Gasteiger partial charge is 0.493 e. The summed E-state index contributed by atoms with van der Waals surface area (Å²) in [7, 11) is 0. The molecule has 6 nitrogen and oxygen atoms in total. The first kappa shape index (κ1) is 16.4. The van der Waals surface area contributed by atoms with Gasteiger partial charge in [-0.2, -0.15) is 10.4 Å². The van der Waals surface area contributed by atoms with Gasteiger partial charge in [0, 0.05) is 12.1 Å². The Balaban J connectivity index is 2.11. The number of hydrogen-bond donors (Lipinski definition) is 1. The third-order valence-electron chi connectivity index (χ3n) is 4.08. The monoisotopic (exact) mass is 332 g/mol. The van der Waals surface area contributed by atoms with Crippen molar-refractivity contribution in [3.63, 3.8) is 0 Å². The van der Waals surface area contributed by atoms with Crippen LogP contribution in [-0.2, 0) is 6.54 Å². The van der Waals surface area contributed by atoms with Gasteiger partial charge in [-0.25, -0.2) is 0 Å². The molecule has 0 saturated heterocycles. The number of fused-ring (bicyclic) bond motifs is 1. The summed E-state index contributed by atoms with van der Waals surface area (Å²) in [6.45, 7) is 3.52. The SMILES string of the molecule is CCn1c(O)c(C#N)c(C)c(N=Nc2ccc3ccccc3c2)c1=O. The van der Waals surface area contributed by atoms with Crippen molar-refractivity contribution < 1.29 is 5.11 Å². The molecule has 0 radical (unpaired) electrons. The first-order valence-electron chi connectivity index (χ1n) is 7.83. The fraction of sp³-hybridized carbons (Fsp3) is 0.158. The lowest BCUT2D eigenvalue weighted by atomic mass is 10.1.